The predicted octanol–water partition coefficient (Wildman–Crippen LogP) is 2.89. The van der Waals surface area contributed by atoms with Gasteiger partial charge in [-0.05, 0) is 31.6 Å². The monoisotopic (exact) mass is 149 g/mol. The fraction of sp³-hybridized carbons (Fsp3) is 0.700. The second kappa shape index (κ2) is 4.18. The van der Waals surface area contributed by atoms with E-state index in [2.05, 4.69) is 25.1 Å². The maximum Gasteiger partial charge on any atom is 0.0661 e. The third-order valence-corrected chi connectivity index (χ3v) is 2.41. The van der Waals surface area contributed by atoms with Gasteiger partial charge >= 0.3 is 0 Å². The van der Waals surface area contributed by atoms with E-state index in [0.29, 0.717) is 5.92 Å². The van der Waals surface area contributed by atoms with Gasteiger partial charge in [0.05, 0.1) is 12.0 Å². The van der Waals surface area contributed by atoms with Gasteiger partial charge in [0, 0.05) is 0 Å². The van der Waals surface area contributed by atoms with Crippen molar-refractivity contribution in [3.05, 3.63) is 12.2 Å². The Hall–Kier alpha value is -0.770. The van der Waals surface area contributed by atoms with Gasteiger partial charge < -0.3 is 0 Å². The van der Waals surface area contributed by atoms with Gasteiger partial charge in [-0.15, -0.1) is 0 Å². The van der Waals surface area contributed by atoms with E-state index < -0.39 is 0 Å². The minimum Gasteiger partial charge on any atom is -0.198 e. The van der Waals surface area contributed by atoms with Crippen LogP contribution in [-0.4, -0.2) is 0 Å². The second-order valence-corrected chi connectivity index (χ2v) is 3.17. The molecule has 1 rings (SSSR count). The number of hydrogen-bond donors (Lipinski definition) is 0. The molecule has 0 bridgehead atoms. The van der Waals surface area contributed by atoms with E-state index >= 15 is 0 Å². The van der Waals surface area contributed by atoms with Crippen molar-refractivity contribution in [3.63, 3.8) is 0 Å². The molecule has 0 N–H and O–H groups in total. The molecule has 0 unspecified atom stereocenters. The number of nitriles is 1. The molecule has 11 heavy (non-hydrogen) atoms. The average Bonchev–Trinajstić information content (AvgIpc) is 2.09. The van der Waals surface area contributed by atoms with E-state index in [1.165, 1.54) is 19.3 Å². The number of rotatable bonds is 2. The van der Waals surface area contributed by atoms with Crippen molar-refractivity contribution >= 4 is 0 Å². The molecular weight excluding hydrogens is 134 g/mol. The molecule has 2 atom stereocenters. The van der Waals surface area contributed by atoms with E-state index in [9.17, 15) is 0 Å². The minimum absolute atomic E-state index is 0.256. The highest BCUT2D eigenvalue weighted by Gasteiger charge is 2.17. The van der Waals surface area contributed by atoms with Crippen LogP contribution in [0, 0.1) is 23.2 Å². The molecule has 0 fully saturated rings. The number of hydrogen-bond acceptors (Lipinski definition) is 1. The topological polar surface area (TPSA) is 23.8 Å². The molecule has 1 aliphatic carbocycles. The standard InChI is InChI=1S/C10H15N/c1-2-9(8-11)10-6-4-3-5-7-10/h4,6,9-10H,2-3,5,7H2,1H3/t9-,10+/m0/s1. The van der Waals surface area contributed by atoms with Crippen molar-refractivity contribution in [1.29, 1.82) is 5.26 Å². The number of allylic oxidation sites excluding steroid dienone is 2. The van der Waals surface area contributed by atoms with Gasteiger partial charge in [-0.25, -0.2) is 0 Å². The first-order valence-corrected chi connectivity index (χ1v) is 4.44. The Morgan fingerprint density at radius 2 is 2.55 bits per heavy atom. The zero-order valence-corrected chi connectivity index (χ0v) is 7.09. The smallest absolute Gasteiger partial charge is 0.0661 e. The third-order valence-electron chi connectivity index (χ3n) is 2.41. The lowest BCUT2D eigenvalue weighted by Crippen LogP contribution is -2.11. The van der Waals surface area contributed by atoms with Crippen LogP contribution in [0.25, 0.3) is 0 Å². The molecule has 0 heterocycles. The summed E-state index contributed by atoms with van der Waals surface area (Å²) in [7, 11) is 0. The molecule has 0 saturated heterocycles. The first-order valence-electron chi connectivity index (χ1n) is 4.44. The highest BCUT2D eigenvalue weighted by molar-refractivity contribution is 5.01. The van der Waals surface area contributed by atoms with E-state index in [4.69, 9.17) is 5.26 Å². The SMILES string of the molecule is CC[C@@H](C#N)[C@@H]1C=CCCC1. The minimum atomic E-state index is 0.256. The first-order chi connectivity index (χ1) is 5.38. The molecule has 60 valence electrons. The summed E-state index contributed by atoms with van der Waals surface area (Å²) >= 11 is 0. The van der Waals surface area contributed by atoms with E-state index in [1.807, 2.05) is 0 Å². The third kappa shape index (κ3) is 2.08. The summed E-state index contributed by atoms with van der Waals surface area (Å²) in [6.45, 7) is 2.09. The summed E-state index contributed by atoms with van der Waals surface area (Å²) in [4.78, 5) is 0. The Balaban J connectivity index is 2.51. The molecule has 0 saturated carbocycles. The Bertz CT molecular complexity index is 176. The molecule has 0 aromatic heterocycles. The molecule has 0 aromatic rings. The quantitative estimate of drug-likeness (QED) is 0.554. The Morgan fingerprint density at radius 1 is 1.73 bits per heavy atom. The Labute approximate surface area is 68.7 Å². The van der Waals surface area contributed by atoms with Gasteiger partial charge in [-0.2, -0.15) is 5.26 Å². The Morgan fingerprint density at radius 3 is 3.00 bits per heavy atom. The second-order valence-electron chi connectivity index (χ2n) is 3.17. The maximum absolute atomic E-state index is 8.79. The molecule has 0 spiro atoms. The Kier molecular flexibility index (Phi) is 3.16. The van der Waals surface area contributed by atoms with Crippen LogP contribution in [0.4, 0.5) is 0 Å². The van der Waals surface area contributed by atoms with Crippen LogP contribution in [-0.2, 0) is 0 Å². The molecule has 1 heteroatoms. The lowest BCUT2D eigenvalue weighted by atomic mass is 9.84. The summed E-state index contributed by atoms with van der Waals surface area (Å²) in [5, 5.41) is 8.79. The molecule has 0 aliphatic heterocycles. The fourth-order valence-corrected chi connectivity index (χ4v) is 1.66. The van der Waals surface area contributed by atoms with Crippen molar-refractivity contribution in [2.45, 2.75) is 32.6 Å². The summed E-state index contributed by atoms with van der Waals surface area (Å²) in [5.74, 6) is 0.797. The lowest BCUT2D eigenvalue weighted by Gasteiger charge is -2.19. The van der Waals surface area contributed by atoms with Crippen LogP contribution in [0.5, 0.6) is 0 Å². The highest BCUT2D eigenvalue weighted by Crippen LogP contribution is 2.26. The number of nitrogens with zero attached hydrogens (tertiary/aromatic N) is 1. The summed E-state index contributed by atoms with van der Waals surface area (Å²) < 4.78 is 0. The van der Waals surface area contributed by atoms with E-state index in [1.54, 1.807) is 0 Å². The van der Waals surface area contributed by atoms with E-state index in [-0.39, 0.29) is 5.92 Å². The van der Waals surface area contributed by atoms with Crippen LogP contribution >= 0.6 is 0 Å². The molecule has 0 radical (unpaired) electrons. The normalized spacial score (nSPS) is 26.0. The molecule has 1 aliphatic rings. The van der Waals surface area contributed by atoms with Crippen molar-refractivity contribution in [1.82, 2.24) is 0 Å². The van der Waals surface area contributed by atoms with Gasteiger partial charge in [0.25, 0.3) is 0 Å². The average molecular weight is 149 g/mol. The molecule has 0 amide bonds. The van der Waals surface area contributed by atoms with Crippen molar-refractivity contribution in [2.75, 3.05) is 0 Å². The highest BCUT2D eigenvalue weighted by atomic mass is 14.3. The van der Waals surface area contributed by atoms with Gasteiger partial charge in [-0.3, -0.25) is 0 Å². The zero-order valence-electron chi connectivity index (χ0n) is 7.09. The van der Waals surface area contributed by atoms with Crippen LogP contribution in [0.3, 0.4) is 0 Å². The van der Waals surface area contributed by atoms with Crippen LogP contribution < -0.4 is 0 Å². The summed E-state index contributed by atoms with van der Waals surface area (Å²) in [5.41, 5.74) is 0. The fourth-order valence-electron chi connectivity index (χ4n) is 1.66. The predicted molar refractivity (Wildman–Crippen MR) is 45.9 cm³/mol. The van der Waals surface area contributed by atoms with Crippen molar-refractivity contribution < 1.29 is 0 Å². The van der Waals surface area contributed by atoms with Gasteiger partial charge in [0.1, 0.15) is 0 Å². The summed E-state index contributed by atoms with van der Waals surface area (Å²) in [6, 6.07) is 2.37. The van der Waals surface area contributed by atoms with Crippen LogP contribution in [0.1, 0.15) is 32.6 Å². The first kappa shape index (κ1) is 8.33. The van der Waals surface area contributed by atoms with Crippen LogP contribution in [0.15, 0.2) is 12.2 Å². The van der Waals surface area contributed by atoms with Gasteiger partial charge in [-0.1, -0.05) is 19.1 Å². The van der Waals surface area contributed by atoms with Gasteiger partial charge in [0.15, 0.2) is 0 Å². The maximum atomic E-state index is 8.79. The van der Waals surface area contributed by atoms with Crippen molar-refractivity contribution in [2.24, 2.45) is 11.8 Å². The van der Waals surface area contributed by atoms with E-state index in [0.717, 1.165) is 6.42 Å². The molecule has 1 nitrogen and oxygen atoms in total. The van der Waals surface area contributed by atoms with Gasteiger partial charge in [0.2, 0.25) is 0 Å². The molecular formula is C10H15N. The largest absolute Gasteiger partial charge is 0.198 e. The molecule has 0 aromatic carbocycles. The summed E-state index contributed by atoms with van der Waals surface area (Å²) in [6.07, 6.45) is 9.11. The van der Waals surface area contributed by atoms with Crippen molar-refractivity contribution in [3.8, 4) is 6.07 Å². The lowest BCUT2D eigenvalue weighted by molar-refractivity contribution is 0.419. The zero-order chi connectivity index (χ0) is 8.10. The van der Waals surface area contributed by atoms with Crippen LogP contribution in [0.2, 0.25) is 0 Å².